The average Bonchev–Trinajstić information content (AvgIpc) is 2.19. The Hall–Kier alpha value is -0.410. The van der Waals surface area contributed by atoms with E-state index in [0.717, 1.165) is 12.8 Å². The Kier molecular flexibility index (Phi) is 7.71. The summed E-state index contributed by atoms with van der Waals surface area (Å²) in [4.78, 5) is 13.4. The molecule has 0 heterocycles. The molecule has 0 amide bonds. The van der Waals surface area contributed by atoms with Gasteiger partial charge in [0.15, 0.2) is 0 Å². The number of rotatable bonds is 8. The third-order valence-corrected chi connectivity index (χ3v) is 2.62. The van der Waals surface area contributed by atoms with Gasteiger partial charge in [-0.2, -0.15) is 0 Å². The van der Waals surface area contributed by atoms with Crippen molar-refractivity contribution in [2.24, 2.45) is 0 Å². The summed E-state index contributed by atoms with van der Waals surface area (Å²) in [5.74, 6) is 0.255. The van der Waals surface area contributed by atoms with Gasteiger partial charge in [-0.05, 0) is 12.8 Å². The summed E-state index contributed by atoms with van der Waals surface area (Å²) in [5.41, 5.74) is 0. The molecule has 0 aromatic rings. The molecule has 0 spiro atoms. The molecule has 3 heteroatoms. The van der Waals surface area contributed by atoms with Crippen molar-refractivity contribution in [3.63, 3.8) is 0 Å². The van der Waals surface area contributed by atoms with Crippen LogP contribution in [-0.4, -0.2) is 41.5 Å². The van der Waals surface area contributed by atoms with Crippen LogP contribution < -0.4 is 0 Å². The number of aliphatic hydroxyl groups excluding tert-OH is 1. The molecule has 0 fully saturated rings. The van der Waals surface area contributed by atoms with Crippen molar-refractivity contribution in [1.29, 1.82) is 0 Å². The van der Waals surface area contributed by atoms with E-state index in [1.54, 1.807) is 0 Å². The Morgan fingerprint density at radius 2 is 1.86 bits per heavy atom. The fraction of sp³-hybridized carbons (Fsp3) is 0.909. The zero-order chi connectivity index (χ0) is 11.0. The van der Waals surface area contributed by atoms with Crippen molar-refractivity contribution in [2.75, 3.05) is 19.7 Å². The normalized spacial score (nSPS) is 11.3. The van der Waals surface area contributed by atoms with Crippen LogP contribution in [-0.2, 0) is 4.79 Å². The van der Waals surface area contributed by atoms with E-state index in [9.17, 15) is 4.79 Å². The minimum absolute atomic E-state index is 0.132. The van der Waals surface area contributed by atoms with E-state index in [4.69, 9.17) is 5.11 Å². The maximum atomic E-state index is 11.3. The van der Waals surface area contributed by atoms with E-state index < -0.39 is 0 Å². The minimum Gasteiger partial charge on any atom is -0.395 e. The van der Waals surface area contributed by atoms with Gasteiger partial charge in [0, 0.05) is 19.0 Å². The van der Waals surface area contributed by atoms with Gasteiger partial charge in [-0.25, -0.2) is 0 Å². The van der Waals surface area contributed by atoms with Gasteiger partial charge in [-0.1, -0.05) is 20.8 Å². The van der Waals surface area contributed by atoms with Crippen LogP contribution in [0.25, 0.3) is 0 Å². The Bertz CT molecular complexity index is 155. The molecule has 0 aliphatic rings. The zero-order valence-electron chi connectivity index (χ0n) is 9.62. The number of hydrogen-bond donors (Lipinski definition) is 1. The van der Waals surface area contributed by atoms with Crippen LogP contribution in [0.5, 0.6) is 0 Å². The van der Waals surface area contributed by atoms with E-state index in [1.165, 1.54) is 0 Å². The van der Waals surface area contributed by atoms with Gasteiger partial charge >= 0.3 is 0 Å². The van der Waals surface area contributed by atoms with Gasteiger partial charge in [0.05, 0.1) is 13.2 Å². The Balaban J connectivity index is 4.17. The number of aliphatic hydroxyl groups is 1. The van der Waals surface area contributed by atoms with Gasteiger partial charge in [0.1, 0.15) is 5.78 Å². The summed E-state index contributed by atoms with van der Waals surface area (Å²) in [5, 5.41) is 8.91. The number of hydrogen-bond acceptors (Lipinski definition) is 3. The molecule has 14 heavy (non-hydrogen) atoms. The van der Waals surface area contributed by atoms with E-state index in [1.807, 2.05) is 6.92 Å². The maximum absolute atomic E-state index is 11.3. The fourth-order valence-corrected chi connectivity index (χ4v) is 1.66. The monoisotopic (exact) mass is 201 g/mol. The van der Waals surface area contributed by atoms with Crippen LogP contribution in [0.3, 0.4) is 0 Å². The third-order valence-electron chi connectivity index (χ3n) is 2.62. The molecule has 0 aliphatic carbocycles. The second-order valence-corrected chi connectivity index (χ2v) is 3.56. The zero-order valence-corrected chi connectivity index (χ0v) is 9.62. The predicted molar refractivity (Wildman–Crippen MR) is 58.3 cm³/mol. The molecule has 0 aromatic carbocycles. The maximum Gasteiger partial charge on any atom is 0.146 e. The molecule has 0 aromatic heterocycles. The largest absolute Gasteiger partial charge is 0.395 e. The van der Waals surface area contributed by atoms with Crippen LogP contribution in [0.1, 0.15) is 40.0 Å². The SMILES string of the molecule is CCC(=O)CN(CCO)C(CC)CC. The topological polar surface area (TPSA) is 40.5 Å². The Morgan fingerprint density at radius 3 is 2.21 bits per heavy atom. The molecule has 1 N–H and O–H groups in total. The standard InChI is InChI=1S/C11H23NO2/c1-4-10(5-2)12(7-8-13)9-11(14)6-3/h10,13H,4-9H2,1-3H3. The lowest BCUT2D eigenvalue weighted by molar-refractivity contribution is -0.120. The number of Topliss-reactive ketones (excluding diaryl/α,β-unsaturated/α-hetero) is 1. The minimum atomic E-state index is 0.132. The number of carbonyl (C=O) groups excluding carboxylic acids is 1. The fourth-order valence-electron chi connectivity index (χ4n) is 1.66. The van der Waals surface area contributed by atoms with Crippen LogP contribution in [0.15, 0.2) is 0 Å². The Labute approximate surface area is 87.1 Å². The third kappa shape index (κ3) is 4.72. The molecular weight excluding hydrogens is 178 g/mol. The van der Waals surface area contributed by atoms with E-state index >= 15 is 0 Å². The molecule has 0 radical (unpaired) electrons. The van der Waals surface area contributed by atoms with Crippen molar-refractivity contribution in [1.82, 2.24) is 4.90 Å². The van der Waals surface area contributed by atoms with Crippen molar-refractivity contribution >= 4 is 5.78 Å². The molecule has 0 aliphatic heterocycles. The van der Waals surface area contributed by atoms with Crippen LogP contribution in [0, 0.1) is 0 Å². The number of ketones is 1. The summed E-state index contributed by atoms with van der Waals surface area (Å²) >= 11 is 0. The van der Waals surface area contributed by atoms with Gasteiger partial charge in [-0.3, -0.25) is 9.69 Å². The van der Waals surface area contributed by atoms with Gasteiger partial charge in [0.25, 0.3) is 0 Å². The second kappa shape index (κ2) is 7.94. The van der Waals surface area contributed by atoms with Gasteiger partial charge in [0.2, 0.25) is 0 Å². The van der Waals surface area contributed by atoms with Crippen LogP contribution in [0.2, 0.25) is 0 Å². The quantitative estimate of drug-likeness (QED) is 0.646. The van der Waals surface area contributed by atoms with E-state index in [2.05, 4.69) is 18.7 Å². The molecule has 84 valence electrons. The molecule has 0 saturated heterocycles. The molecule has 3 nitrogen and oxygen atoms in total. The van der Waals surface area contributed by atoms with Crippen molar-refractivity contribution in [3.8, 4) is 0 Å². The first-order chi connectivity index (χ1) is 6.69. The molecule has 0 bridgehead atoms. The first-order valence-electron chi connectivity index (χ1n) is 5.56. The lowest BCUT2D eigenvalue weighted by atomic mass is 10.1. The molecule has 0 atom stereocenters. The Morgan fingerprint density at radius 1 is 1.29 bits per heavy atom. The highest BCUT2D eigenvalue weighted by Crippen LogP contribution is 2.08. The highest BCUT2D eigenvalue weighted by molar-refractivity contribution is 5.80. The van der Waals surface area contributed by atoms with Crippen molar-refractivity contribution < 1.29 is 9.90 Å². The van der Waals surface area contributed by atoms with Gasteiger partial charge in [-0.15, -0.1) is 0 Å². The lowest BCUT2D eigenvalue weighted by Gasteiger charge is -2.28. The second-order valence-electron chi connectivity index (χ2n) is 3.56. The van der Waals surface area contributed by atoms with Gasteiger partial charge < -0.3 is 5.11 Å². The summed E-state index contributed by atoms with van der Waals surface area (Å²) in [6.45, 7) is 7.35. The highest BCUT2D eigenvalue weighted by atomic mass is 16.3. The first kappa shape index (κ1) is 13.6. The lowest BCUT2D eigenvalue weighted by Crippen LogP contribution is -2.40. The molecule has 0 saturated carbocycles. The number of carbonyl (C=O) groups is 1. The average molecular weight is 201 g/mol. The smallest absolute Gasteiger partial charge is 0.146 e. The molecular formula is C11H23NO2. The number of nitrogens with zero attached hydrogens (tertiary/aromatic N) is 1. The van der Waals surface area contributed by atoms with Crippen LogP contribution >= 0.6 is 0 Å². The van der Waals surface area contributed by atoms with Crippen molar-refractivity contribution in [2.45, 2.75) is 46.1 Å². The highest BCUT2D eigenvalue weighted by Gasteiger charge is 2.16. The summed E-state index contributed by atoms with van der Waals surface area (Å²) in [6.07, 6.45) is 2.66. The van der Waals surface area contributed by atoms with E-state index in [-0.39, 0.29) is 12.4 Å². The van der Waals surface area contributed by atoms with Crippen LogP contribution in [0.4, 0.5) is 0 Å². The predicted octanol–water partition coefficient (Wildman–Crippen LogP) is 1.45. The van der Waals surface area contributed by atoms with E-state index in [0.29, 0.717) is 25.6 Å². The first-order valence-corrected chi connectivity index (χ1v) is 5.56. The summed E-state index contributed by atoms with van der Waals surface area (Å²) in [7, 11) is 0. The molecule has 0 unspecified atom stereocenters. The van der Waals surface area contributed by atoms with Crippen molar-refractivity contribution in [3.05, 3.63) is 0 Å². The summed E-state index contributed by atoms with van der Waals surface area (Å²) in [6, 6.07) is 0.428. The summed E-state index contributed by atoms with van der Waals surface area (Å²) < 4.78 is 0. The molecule has 0 rings (SSSR count).